The Hall–Kier alpha value is -3.65. The van der Waals surface area contributed by atoms with E-state index in [-0.39, 0.29) is 64.9 Å². The molecule has 6 rings (SSSR count). The number of ether oxygens (including phenoxy) is 2. The average molecular weight is 740 g/mol. The van der Waals surface area contributed by atoms with Crippen molar-refractivity contribution in [3.8, 4) is 5.75 Å². The first-order valence-electron chi connectivity index (χ1n) is 15.9. The molecule has 1 aliphatic carbocycles. The van der Waals surface area contributed by atoms with Crippen LogP contribution >= 0.6 is 24.0 Å². The first kappa shape index (κ1) is 36.6. The number of rotatable bonds is 8. The van der Waals surface area contributed by atoms with Crippen LogP contribution in [0.15, 0.2) is 53.4 Å². The van der Waals surface area contributed by atoms with Crippen LogP contribution in [0.2, 0.25) is 5.02 Å². The molecule has 1 saturated carbocycles. The van der Waals surface area contributed by atoms with Crippen LogP contribution in [0.5, 0.6) is 5.75 Å². The van der Waals surface area contributed by atoms with Gasteiger partial charge in [-0.25, -0.2) is 22.0 Å². The minimum absolute atomic E-state index is 0. The molecular weight excluding hydrogens is 701 g/mol. The number of fused-ring (bicyclic) bond motifs is 1. The summed E-state index contributed by atoms with van der Waals surface area (Å²) in [5, 5.41) is -0.236. The number of hydrogen-bond donors (Lipinski definition) is 1. The highest BCUT2D eigenvalue weighted by atomic mass is 35.5. The number of nitrogens with zero attached hydrogens (tertiary/aromatic N) is 3. The molecule has 0 radical (unpaired) electrons. The Morgan fingerprint density at radius 3 is 2.31 bits per heavy atom. The van der Waals surface area contributed by atoms with Gasteiger partial charge in [-0.3, -0.25) is 14.0 Å². The third kappa shape index (κ3) is 7.30. The van der Waals surface area contributed by atoms with Gasteiger partial charge in [0.05, 0.1) is 29.9 Å². The standard InChI is InChI=1S/C34H37ClF2N4O6S.ClH/c1-20-18-40(34(43)47-25-11-7-23(38)8-12-25)32-27(20)16-26(17-30(32)39-13-3-4-31(39)42)48(44,45)41(19-21-5-9-24(46-2)10-6-21)33-28(36)14-22(35)15-29(33)37;/h5-6,9-10,14-17,20,23,25H,3-4,7-8,11-13,18-19,38H2,1-2H3;1H. The number of benzene rings is 3. The zero-order valence-corrected chi connectivity index (χ0v) is 29.4. The lowest BCUT2D eigenvalue weighted by Gasteiger charge is -2.30. The highest BCUT2D eigenvalue weighted by Gasteiger charge is 2.40. The number of anilines is 3. The molecule has 1 saturated heterocycles. The monoisotopic (exact) mass is 738 g/mol. The lowest BCUT2D eigenvalue weighted by Crippen LogP contribution is -2.37. The number of sulfonamides is 1. The molecule has 2 amide bonds. The van der Waals surface area contributed by atoms with Crippen molar-refractivity contribution in [2.75, 3.05) is 34.3 Å². The van der Waals surface area contributed by atoms with E-state index in [1.54, 1.807) is 24.3 Å². The molecule has 2 aliphatic heterocycles. The van der Waals surface area contributed by atoms with Gasteiger partial charge >= 0.3 is 6.09 Å². The minimum atomic E-state index is -4.71. The molecule has 2 heterocycles. The Morgan fingerprint density at radius 2 is 1.71 bits per heavy atom. The molecule has 3 aromatic carbocycles. The summed E-state index contributed by atoms with van der Waals surface area (Å²) in [6.45, 7) is 1.90. The maximum atomic E-state index is 15.5. The van der Waals surface area contributed by atoms with Crippen molar-refractivity contribution in [1.82, 2.24) is 0 Å². The molecule has 1 unspecified atom stereocenters. The van der Waals surface area contributed by atoms with Crippen LogP contribution in [0.25, 0.3) is 0 Å². The van der Waals surface area contributed by atoms with Crippen molar-refractivity contribution in [3.63, 3.8) is 0 Å². The lowest BCUT2D eigenvalue weighted by molar-refractivity contribution is -0.117. The number of hydrogen-bond acceptors (Lipinski definition) is 7. The second-order valence-corrected chi connectivity index (χ2v) is 14.8. The fourth-order valence-electron chi connectivity index (χ4n) is 6.66. The molecule has 15 heteroatoms. The number of carbonyl (C=O) groups excluding carboxylic acids is 2. The van der Waals surface area contributed by atoms with E-state index in [1.807, 2.05) is 6.92 Å². The van der Waals surface area contributed by atoms with Gasteiger partial charge in [0.15, 0.2) is 11.6 Å². The number of amides is 2. The number of nitrogens with two attached hydrogens (primary N) is 1. The second-order valence-electron chi connectivity index (χ2n) is 12.5. The molecule has 49 heavy (non-hydrogen) atoms. The summed E-state index contributed by atoms with van der Waals surface area (Å²) in [6, 6.07) is 10.9. The largest absolute Gasteiger partial charge is 0.497 e. The van der Waals surface area contributed by atoms with E-state index in [4.69, 9.17) is 26.8 Å². The highest BCUT2D eigenvalue weighted by molar-refractivity contribution is 7.92. The summed E-state index contributed by atoms with van der Waals surface area (Å²) in [6.07, 6.45) is 2.65. The highest BCUT2D eigenvalue weighted by Crippen LogP contribution is 2.47. The van der Waals surface area contributed by atoms with Crippen LogP contribution in [0, 0.1) is 11.6 Å². The topological polar surface area (TPSA) is 122 Å². The first-order chi connectivity index (χ1) is 22.9. The molecule has 3 aromatic rings. The molecular formula is C34H38Cl2F2N4O6S. The van der Waals surface area contributed by atoms with Crippen LogP contribution in [-0.2, 0) is 26.1 Å². The van der Waals surface area contributed by atoms with E-state index >= 15 is 8.78 Å². The Morgan fingerprint density at radius 1 is 1.06 bits per heavy atom. The molecule has 1 atom stereocenters. The van der Waals surface area contributed by atoms with Crippen molar-refractivity contribution in [2.45, 2.75) is 75.0 Å². The summed E-state index contributed by atoms with van der Waals surface area (Å²) in [4.78, 5) is 29.4. The molecule has 264 valence electrons. The van der Waals surface area contributed by atoms with Crippen molar-refractivity contribution in [3.05, 3.63) is 76.3 Å². The molecule has 0 spiro atoms. The Bertz CT molecular complexity index is 1820. The van der Waals surface area contributed by atoms with Crippen LogP contribution in [-0.4, -0.2) is 52.8 Å². The SMILES string of the molecule is COc1ccc(CN(c2c(F)cc(Cl)cc2F)S(=O)(=O)c2cc3c(c(N4CCCC4=O)c2)N(C(=O)OC2CCC(N)CC2)CC3C)cc1.Cl. The van der Waals surface area contributed by atoms with Gasteiger partial charge in [0.2, 0.25) is 5.91 Å². The summed E-state index contributed by atoms with van der Waals surface area (Å²) < 4.78 is 71.9. The van der Waals surface area contributed by atoms with Crippen molar-refractivity contribution in [2.24, 2.45) is 5.73 Å². The smallest absolute Gasteiger partial charge is 0.414 e. The van der Waals surface area contributed by atoms with E-state index in [1.165, 1.54) is 29.0 Å². The van der Waals surface area contributed by atoms with Gasteiger partial charge in [-0.15, -0.1) is 12.4 Å². The Kier molecular flexibility index (Phi) is 11.0. The Balaban J connectivity index is 0.00000468. The molecule has 2 N–H and O–H groups in total. The number of halogens is 4. The van der Waals surface area contributed by atoms with Gasteiger partial charge in [0, 0.05) is 36.5 Å². The third-order valence-corrected chi connectivity index (χ3v) is 11.2. The maximum absolute atomic E-state index is 15.5. The van der Waals surface area contributed by atoms with E-state index in [0.29, 0.717) is 52.7 Å². The van der Waals surface area contributed by atoms with E-state index in [0.717, 1.165) is 25.0 Å². The predicted octanol–water partition coefficient (Wildman–Crippen LogP) is 6.90. The van der Waals surface area contributed by atoms with E-state index in [2.05, 4.69) is 0 Å². The summed E-state index contributed by atoms with van der Waals surface area (Å²) in [5.74, 6) is -2.40. The first-order valence-corrected chi connectivity index (χ1v) is 17.7. The second kappa shape index (κ2) is 14.7. The molecule has 10 nitrogen and oxygen atoms in total. The summed E-state index contributed by atoms with van der Waals surface area (Å²) >= 11 is 5.90. The quantitative estimate of drug-likeness (QED) is 0.267. The normalized spacial score (nSPS) is 20.5. The zero-order valence-electron chi connectivity index (χ0n) is 27.0. The number of methoxy groups -OCH3 is 1. The molecule has 0 aromatic heterocycles. The van der Waals surface area contributed by atoms with Crippen LogP contribution < -0.4 is 24.6 Å². The molecule has 0 bridgehead atoms. The van der Waals surface area contributed by atoms with Gasteiger partial charge in [0.25, 0.3) is 10.0 Å². The van der Waals surface area contributed by atoms with Gasteiger partial charge in [-0.2, -0.15) is 0 Å². The van der Waals surface area contributed by atoms with Crippen LogP contribution in [0.3, 0.4) is 0 Å². The fraction of sp³-hybridized carbons (Fsp3) is 0.412. The van der Waals surface area contributed by atoms with Gasteiger partial charge in [-0.1, -0.05) is 30.7 Å². The van der Waals surface area contributed by atoms with E-state index < -0.39 is 40.0 Å². The fourth-order valence-corrected chi connectivity index (χ4v) is 8.38. The van der Waals surface area contributed by atoms with Crippen LogP contribution in [0.4, 0.5) is 30.6 Å². The Labute approximate surface area is 295 Å². The maximum Gasteiger partial charge on any atom is 0.414 e. The van der Waals surface area contributed by atoms with Gasteiger partial charge in [0.1, 0.15) is 17.5 Å². The predicted molar refractivity (Wildman–Crippen MR) is 185 cm³/mol. The van der Waals surface area contributed by atoms with Crippen molar-refractivity contribution in [1.29, 1.82) is 0 Å². The third-order valence-electron chi connectivity index (χ3n) is 9.23. The number of carbonyl (C=O) groups is 2. The zero-order chi connectivity index (χ0) is 34.3. The van der Waals surface area contributed by atoms with Crippen molar-refractivity contribution >= 4 is 63.1 Å². The van der Waals surface area contributed by atoms with Crippen LogP contribution in [0.1, 0.15) is 62.5 Å². The molecule has 3 aliphatic rings. The molecule has 2 fully saturated rings. The van der Waals surface area contributed by atoms with Gasteiger partial charge < -0.3 is 20.1 Å². The summed E-state index contributed by atoms with van der Waals surface area (Å²) in [5.41, 5.74) is 6.75. The average Bonchev–Trinajstić information content (AvgIpc) is 3.63. The lowest BCUT2D eigenvalue weighted by atomic mass is 9.94. The van der Waals surface area contributed by atoms with Gasteiger partial charge in [-0.05, 0) is 79.6 Å². The minimum Gasteiger partial charge on any atom is -0.497 e. The van der Waals surface area contributed by atoms with Crippen molar-refractivity contribution < 1.29 is 36.3 Å². The summed E-state index contributed by atoms with van der Waals surface area (Å²) in [7, 11) is -3.23. The van der Waals surface area contributed by atoms with E-state index in [9.17, 15) is 18.0 Å².